The number of nitrogens with zero attached hydrogens (tertiary/aromatic N) is 1. The number of hydrogen-bond donors (Lipinski definition) is 2. The van der Waals surface area contributed by atoms with Crippen molar-refractivity contribution < 1.29 is 4.79 Å². The van der Waals surface area contributed by atoms with E-state index >= 15 is 0 Å². The molecular formula is C12H21N3OS. The summed E-state index contributed by atoms with van der Waals surface area (Å²) in [5, 5.41) is 6.99. The van der Waals surface area contributed by atoms with Crippen LogP contribution in [0.1, 0.15) is 18.9 Å². The van der Waals surface area contributed by atoms with Crippen LogP contribution in [-0.2, 0) is 11.3 Å². The summed E-state index contributed by atoms with van der Waals surface area (Å²) in [4.78, 5) is 13.7. The van der Waals surface area contributed by atoms with Crippen LogP contribution in [0.3, 0.4) is 0 Å². The third-order valence-corrected chi connectivity index (χ3v) is 3.43. The molecule has 17 heavy (non-hydrogen) atoms. The molecule has 1 amide bonds. The lowest BCUT2D eigenvalue weighted by Crippen LogP contribution is -2.41. The number of rotatable bonds is 7. The Morgan fingerprint density at radius 3 is 2.94 bits per heavy atom. The first-order valence-corrected chi connectivity index (χ1v) is 6.79. The number of hydrogen-bond acceptors (Lipinski definition) is 4. The standard InChI is InChI=1S/C12H21N3OS/c1-3-14-12(16)6-11(7-13)15(2)8-10-4-5-17-9-10/h4-5,9,11H,3,6-8,13H2,1-2H3,(H,14,16). The summed E-state index contributed by atoms with van der Waals surface area (Å²) in [6, 6.07) is 2.20. The van der Waals surface area contributed by atoms with E-state index in [1.165, 1.54) is 5.56 Å². The van der Waals surface area contributed by atoms with E-state index in [9.17, 15) is 4.79 Å². The summed E-state index contributed by atoms with van der Waals surface area (Å²) < 4.78 is 0. The van der Waals surface area contributed by atoms with Crippen molar-refractivity contribution in [1.29, 1.82) is 0 Å². The van der Waals surface area contributed by atoms with E-state index in [4.69, 9.17) is 5.73 Å². The molecule has 0 aliphatic rings. The molecule has 1 aromatic heterocycles. The largest absolute Gasteiger partial charge is 0.356 e. The van der Waals surface area contributed by atoms with Crippen LogP contribution in [0.4, 0.5) is 0 Å². The predicted molar refractivity (Wildman–Crippen MR) is 71.9 cm³/mol. The minimum absolute atomic E-state index is 0.0696. The maximum atomic E-state index is 11.5. The summed E-state index contributed by atoms with van der Waals surface area (Å²) in [5.74, 6) is 0.0696. The van der Waals surface area contributed by atoms with E-state index in [1.807, 2.05) is 14.0 Å². The Labute approximate surface area is 107 Å². The van der Waals surface area contributed by atoms with Crippen LogP contribution in [0.25, 0.3) is 0 Å². The number of thiophene rings is 1. The van der Waals surface area contributed by atoms with Gasteiger partial charge in [0.2, 0.25) is 5.91 Å². The van der Waals surface area contributed by atoms with E-state index in [1.54, 1.807) is 11.3 Å². The lowest BCUT2D eigenvalue weighted by Gasteiger charge is -2.26. The summed E-state index contributed by atoms with van der Waals surface area (Å²) in [6.07, 6.45) is 0.463. The minimum atomic E-state index is 0.0696. The Hall–Kier alpha value is -0.910. The summed E-state index contributed by atoms with van der Waals surface area (Å²) in [7, 11) is 2.01. The number of carbonyl (C=O) groups excluding carboxylic acids is 1. The van der Waals surface area contributed by atoms with E-state index in [0.29, 0.717) is 19.5 Å². The van der Waals surface area contributed by atoms with Gasteiger partial charge < -0.3 is 11.1 Å². The van der Waals surface area contributed by atoms with Crippen molar-refractivity contribution in [1.82, 2.24) is 10.2 Å². The molecule has 0 aliphatic carbocycles. The molecule has 1 aromatic rings. The van der Waals surface area contributed by atoms with Crippen LogP contribution in [0.5, 0.6) is 0 Å². The molecule has 0 aliphatic heterocycles. The average Bonchev–Trinajstić information content (AvgIpc) is 2.78. The Balaban J connectivity index is 2.46. The fourth-order valence-electron chi connectivity index (χ4n) is 1.70. The lowest BCUT2D eigenvalue weighted by molar-refractivity contribution is -0.122. The maximum Gasteiger partial charge on any atom is 0.221 e. The number of likely N-dealkylation sites (N-methyl/N-ethyl adjacent to an activating group) is 1. The fourth-order valence-corrected chi connectivity index (χ4v) is 2.36. The van der Waals surface area contributed by atoms with Gasteiger partial charge in [0.1, 0.15) is 0 Å². The van der Waals surface area contributed by atoms with Crippen LogP contribution in [0.15, 0.2) is 16.8 Å². The second kappa shape index (κ2) is 7.42. The Morgan fingerprint density at radius 2 is 2.41 bits per heavy atom. The molecule has 1 heterocycles. The van der Waals surface area contributed by atoms with E-state index in [2.05, 4.69) is 27.0 Å². The van der Waals surface area contributed by atoms with Gasteiger partial charge in [-0.3, -0.25) is 9.69 Å². The molecule has 0 spiro atoms. The van der Waals surface area contributed by atoms with E-state index in [-0.39, 0.29) is 11.9 Å². The Kier molecular flexibility index (Phi) is 6.18. The molecule has 3 N–H and O–H groups in total. The molecule has 0 aromatic carbocycles. The molecule has 5 heteroatoms. The highest BCUT2D eigenvalue weighted by atomic mass is 32.1. The highest BCUT2D eigenvalue weighted by Crippen LogP contribution is 2.11. The third kappa shape index (κ3) is 4.85. The number of carbonyl (C=O) groups is 1. The zero-order valence-corrected chi connectivity index (χ0v) is 11.3. The second-order valence-electron chi connectivity index (χ2n) is 4.09. The van der Waals surface area contributed by atoms with Gasteiger partial charge in [0.15, 0.2) is 0 Å². The lowest BCUT2D eigenvalue weighted by atomic mass is 10.1. The van der Waals surface area contributed by atoms with Crippen molar-refractivity contribution in [3.05, 3.63) is 22.4 Å². The van der Waals surface area contributed by atoms with Gasteiger partial charge in [-0.1, -0.05) is 0 Å². The molecule has 0 radical (unpaired) electrons. The minimum Gasteiger partial charge on any atom is -0.356 e. The van der Waals surface area contributed by atoms with Gasteiger partial charge in [0, 0.05) is 32.1 Å². The van der Waals surface area contributed by atoms with Crippen molar-refractivity contribution >= 4 is 17.2 Å². The third-order valence-electron chi connectivity index (χ3n) is 2.70. The highest BCUT2D eigenvalue weighted by molar-refractivity contribution is 7.07. The van der Waals surface area contributed by atoms with Gasteiger partial charge >= 0.3 is 0 Å². The number of nitrogens with two attached hydrogens (primary N) is 1. The van der Waals surface area contributed by atoms with Gasteiger partial charge in [-0.25, -0.2) is 0 Å². The maximum absolute atomic E-state index is 11.5. The van der Waals surface area contributed by atoms with Gasteiger partial charge in [0.25, 0.3) is 0 Å². The summed E-state index contributed by atoms with van der Waals surface area (Å²) in [6.45, 7) is 3.93. The second-order valence-corrected chi connectivity index (χ2v) is 4.87. The van der Waals surface area contributed by atoms with Crippen LogP contribution >= 0.6 is 11.3 Å². The van der Waals surface area contributed by atoms with E-state index in [0.717, 1.165) is 6.54 Å². The molecular weight excluding hydrogens is 234 g/mol. The molecule has 0 saturated heterocycles. The monoisotopic (exact) mass is 255 g/mol. The van der Waals surface area contributed by atoms with E-state index < -0.39 is 0 Å². The van der Waals surface area contributed by atoms with Crippen LogP contribution in [-0.4, -0.2) is 37.0 Å². The van der Waals surface area contributed by atoms with Crippen molar-refractivity contribution in [2.24, 2.45) is 5.73 Å². The number of amides is 1. The highest BCUT2D eigenvalue weighted by Gasteiger charge is 2.17. The Morgan fingerprint density at radius 1 is 1.65 bits per heavy atom. The van der Waals surface area contributed by atoms with Gasteiger partial charge in [0.05, 0.1) is 0 Å². The van der Waals surface area contributed by atoms with Crippen LogP contribution < -0.4 is 11.1 Å². The van der Waals surface area contributed by atoms with Gasteiger partial charge in [-0.05, 0) is 36.4 Å². The zero-order valence-electron chi connectivity index (χ0n) is 10.5. The molecule has 96 valence electrons. The molecule has 1 unspecified atom stereocenters. The quantitative estimate of drug-likeness (QED) is 0.765. The molecule has 0 bridgehead atoms. The summed E-state index contributed by atoms with van der Waals surface area (Å²) >= 11 is 1.69. The van der Waals surface area contributed by atoms with Crippen molar-refractivity contribution in [3.8, 4) is 0 Å². The normalized spacial score (nSPS) is 12.7. The first kappa shape index (κ1) is 14.2. The molecule has 1 rings (SSSR count). The van der Waals surface area contributed by atoms with Crippen LogP contribution in [0.2, 0.25) is 0 Å². The van der Waals surface area contributed by atoms with Gasteiger partial charge in [-0.15, -0.1) is 0 Å². The molecule has 0 saturated carbocycles. The predicted octanol–water partition coefficient (Wildman–Crippen LogP) is 1.03. The van der Waals surface area contributed by atoms with Crippen LogP contribution in [0, 0.1) is 0 Å². The molecule has 0 fully saturated rings. The molecule has 1 atom stereocenters. The topological polar surface area (TPSA) is 58.4 Å². The smallest absolute Gasteiger partial charge is 0.221 e. The first-order chi connectivity index (χ1) is 8.17. The first-order valence-electron chi connectivity index (χ1n) is 5.85. The van der Waals surface area contributed by atoms with Crippen molar-refractivity contribution in [2.45, 2.75) is 25.9 Å². The van der Waals surface area contributed by atoms with Crippen molar-refractivity contribution in [3.63, 3.8) is 0 Å². The molecule has 4 nitrogen and oxygen atoms in total. The van der Waals surface area contributed by atoms with Crippen molar-refractivity contribution in [2.75, 3.05) is 20.1 Å². The Bertz CT molecular complexity index is 327. The number of nitrogens with one attached hydrogen (secondary N) is 1. The van der Waals surface area contributed by atoms with Gasteiger partial charge in [-0.2, -0.15) is 11.3 Å². The average molecular weight is 255 g/mol. The summed E-state index contributed by atoms with van der Waals surface area (Å²) in [5.41, 5.74) is 7.00. The fraction of sp³-hybridized carbons (Fsp3) is 0.583. The zero-order chi connectivity index (χ0) is 12.7. The SMILES string of the molecule is CCNC(=O)CC(CN)N(C)Cc1ccsc1.